The fourth-order valence-corrected chi connectivity index (χ4v) is 1.96. The number of rotatable bonds is 3. The van der Waals surface area contributed by atoms with Crippen molar-refractivity contribution in [3.8, 4) is 0 Å². The standard InChI is InChI=1S/C10H11BN4O2/c16-11-9-5-7(1-3-8(9)6-17-11)2-4-10-12-14-15-13-10/h1,3,5,16H,2,4,6H2,(H,12,13,14,15). The predicted molar refractivity (Wildman–Crippen MR) is 60.4 cm³/mol. The van der Waals surface area contributed by atoms with Crippen LogP contribution in [0.25, 0.3) is 0 Å². The first kappa shape index (κ1) is 10.4. The summed E-state index contributed by atoms with van der Waals surface area (Å²) in [6, 6.07) is 6.02. The third-order valence-corrected chi connectivity index (χ3v) is 2.90. The van der Waals surface area contributed by atoms with E-state index in [1.807, 2.05) is 18.2 Å². The van der Waals surface area contributed by atoms with Crippen LogP contribution in [0, 0.1) is 0 Å². The van der Waals surface area contributed by atoms with Gasteiger partial charge in [-0.05, 0) is 23.0 Å². The van der Waals surface area contributed by atoms with Gasteiger partial charge in [-0.3, -0.25) is 0 Å². The Labute approximate surface area is 98.2 Å². The molecule has 0 aliphatic carbocycles. The molecule has 2 heterocycles. The van der Waals surface area contributed by atoms with Gasteiger partial charge in [0.2, 0.25) is 0 Å². The van der Waals surface area contributed by atoms with Crippen LogP contribution < -0.4 is 5.46 Å². The van der Waals surface area contributed by atoms with Gasteiger partial charge in [-0.15, -0.1) is 10.2 Å². The Morgan fingerprint density at radius 3 is 3.18 bits per heavy atom. The van der Waals surface area contributed by atoms with Crippen molar-refractivity contribution in [2.75, 3.05) is 0 Å². The Morgan fingerprint density at radius 2 is 2.35 bits per heavy atom. The lowest BCUT2D eigenvalue weighted by Crippen LogP contribution is -2.28. The molecule has 2 N–H and O–H groups in total. The van der Waals surface area contributed by atoms with Crippen LogP contribution in [0.2, 0.25) is 0 Å². The third kappa shape index (κ3) is 2.06. The first-order chi connectivity index (χ1) is 8.33. The summed E-state index contributed by atoms with van der Waals surface area (Å²) in [6.45, 7) is 0.488. The van der Waals surface area contributed by atoms with Gasteiger partial charge in [0.25, 0.3) is 0 Å². The average Bonchev–Trinajstić information content (AvgIpc) is 2.97. The summed E-state index contributed by atoms with van der Waals surface area (Å²) in [5, 5.41) is 23.3. The number of benzene rings is 1. The molecule has 0 bridgehead atoms. The maximum Gasteiger partial charge on any atom is 0.491 e. The van der Waals surface area contributed by atoms with E-state index in [2.05, 4.69) is 20.6 Å². The number of H-pyrrole nitrogens is 1. The van der Waals surface area contributed by atoms with E-state index in [0.717, 1.165) is 29.4 Å². The minimum atomic E-state index is -0.782. The number of tetrazole rings is 1. The van der Waals surface area contributed by atoms with Crippen LogP contribution >= 0.6 is 0 Å². The van der Waals surface area contributed by atoms with Crippen LogP contribution in [-0.4, -0.2) is 32.8 Å². The second kappa shape index (κ2) is 4.27. The van der Waals surface area contributed by atoms with Gasteiger partial charge < -0.3 is 9.68 Å². The average molecular weight is 230 g/mol. The Hall–Kier alpha value is -1.73. The Morgan fingerprint density at radius 1 is 1.41 bits per heavy atom. The minimum Gasteiger partial charge on any atom is -0.423 e. The molecule has 1 aromatic carbocycles. The van der Waals surface area contributed by atoms with Crippen LogP contribution in [0.5, 0.6) is 0 Å². The van der Waals surface area contributed by atoms with E-state index < -0.39 is 7.12 Å². The second-order valence-corrected chi connectivity index (χ2v) is 4.02. The molecule has 1 aliphatic heterocycles. The Balaban J connectivity index is 1.74. The Kier molecular flexibility index (Phi) is 2.62. The predicted octanol–water partition coefficient (Wildman–Crippen LogP) is -0.797. The van der Waals surface area contributed by atoms with Crippen molar-refractivity contribution < 1.29 is 9.68 Å². The van der Waals surface area contributed by atoms with E-state index in [4.69, 9.17) is 4.65 Å². The second-order valence-electron chi connectivity index (χ2n) is 4.02. The molecular formula is C10H11BN4O2. The number of aromatic nitrogens is 4. The number of nitrogens with one attached hydrogen (secondary N) is 1. The molecule has 0 amide bonds. The van der Waals surface area contributed by atoms with E-state index in [9.17, 15) is 5.02 Å². The summed E-state index contributed by atoms with van der Waals surface area (Å²) in [7, 11) is -0.782. The smallest absolute Gasteiger partial charge is 0.423 e. The van der Waals surface area contributed by atoms with Gasteiger partial charge in [-0.1, -0.05) is 23.4 Å². The number of fused-ring (bicyclic) bond motifs is 1. The van der Waals surface area contributed by atoms with E-state index in [1.165, 1.54) is 0 Å². The molecule has 0 atom stereocenters. The van der Waals surface area contributed by atoms with Crippen LogP contribution in [-0.2, 0) is 24.1 Å². The molecule has 6 nitrogen and oxygen atoms in total. The molecule has 1 aliphatic rings. The summed E-state index contributed by atoms with van der Waals surface area (Å²) in [5.41, 5.74) is 3.06. The van der Waals surface area contributed by atoms with E-state index in [0.29, 0.717) is 12.4 Å². The number of aryl methyl sites for hydroxylation is 2. The van der Waals surface area contributed by atoms with Crippen molar-refractivity contribution >= 4 is 12.6 Å². The highest BCUT2D eigenvalue weighted by Crippen LogP contribution is 2.12. The molecule has 0 saturated heterocycles. The quantitative estimate of drug-likeness (QED) is 0.674. The lowest BCUT2D eigenvalue weighted by Gasteiger charge is -2.03. The lowest BCUT2D eigenvalue weighted by molar-refractivity contribution is 0.275. The highest BCUT2D eigenvalue weighted by molar-refractivity contribution is 6.61. The van der Waals surface area contributed by atoms with E-state index >= 15 is 0 Å². The van der Waals surface area contributed by atoms with Gasteiger partial charge >= 0.3 is 7.12 Å². The largest absolute Gasteiger partial charge is 0.491 e. The van der Waals surface area contributed by atoms with Crippen LogP contribution in [0.1, 0.15) is 17.0 Å². The first-order valence-corrected chi connectivity index (χ1v) is 5.46. The van der Waals surface area contributed by atoms with Crippen molar-refractivity contribution in [1.29, 1.82) is 0 Å². The zero-order valence-electron chi connectivity index (χ0n) is 9.13. The monoisotopic (exact) mass is 230 g/mol. The van der Waals surface area contributed by atoms with Gasteiger partial charge in [-0.2, -0.15) is 5.21 Å². The van der Waals surface area contributed by atoms with Crippen LogP contribution in [0.3, 0.4) is 0 Å². The van der Waals surface area contributed by atoms with Crippen LogP contribution in [0.15, 0.2) is 18.2 Å². The fraction of sp³-hybridized carbons (Fsp3) is 0.300. The summed E-state index contributed by atoms with van der Waals surface area (Å²) in [5.74, 6) is 0.697. The summed E-state index contributed by atoms with van der Waals surface area (Å²) in [4.78, 5) is 0. The van der Waals surface area contributed by atoms with E-state index in [1.54, 1.807) is 0 Å². The topological polar surface area (TPSA) is 83.9 Å². The molecule has 2 aromatic rings. The van der Waals surface area contributed by atoms with Gasteiger partial charge in [0.15, 0.2) is 5.82 Å². The van der Waals surface area contributed by atoms with Gasteiger partial charge in [-0.25, -0.2) is 0 Å². The molecule has 0 fully saturated rings. The van der Waals surface area contributed by atoms with Crippen molar-refractivity contribution in [2.45, 2.75) is 19.4 Å². The van der Waals surface area contributed by atoms with Gasteiger partial charge in [0.1, 0.15) is 0 Å². The summed E-state index contributed by atoms with van der Waals surface area (Å²) >= 11 is 0. The molecule has 0 unspecified atom stereocenters. The molecular weight excluding hydrogens is 219 g/mol. The first-order valence-electron chi connectivity index (χ1n) is 5.46. The molecule has 0 saturated carbocycles. The zero-order chi connectivity index (χ0) is 11.7. The maximum absolute atomic E-state index is 9.60. The normalized spacial score (nSPS) is 14.1. The SMILES string of the molecule is OB1OCc2ccc(CCc3nn[nH]n3)cc21. The van der Waals surface area contributed by atoms with Gasteiger partial charge in [0, 0.05) is 6.42 Å². The van der Waals surface area contributed by atoms with E-state index in [-0.39, 0.29) is 0 Å². The highest BCUT2D eigenvalue weighted by atomic mass is 16.5. The van der Waals surface area contributed by atoms with Crippen molar-refractivity contribution in [3.63, 3.8) is 0 Å². The third-order valence-electron chi connectivity index (χ3n) is 2.90. The molecule has 86 valence electrons. The highest BCUT2D eigenvalue weighted by Gasteiger charge is 2.26. The number of hydrogen-bond donors (Lipinski definition) is 2. The van der Waals surface area contributed by atoms with Crippen LogP contribution in [0.4, 0.5) is 0 Å². The summed E-state index contributed by atoms with van der Waals surface area (Å²) < 4.78 is 5.14. The van der Waals surface area contributed by atoms with Crippen molar-refractivity contribution in [3.05, 3.63) is 35.2 Å². The van der Waals surface area contributed by atoms with Crippen molar-refractivity contribution in [2.24, 2.45) is 0 Å². The molecule has 0 radical (unpaired) electrons. The Bertz CT molecular complexity index is 517. The molecule has 0 spiro atoms. The fourth-order valence-electron chi connectivity index (χ4n) is 1.96. The minimum absolute atomic E-state index is 0.488. The molecule has 1 aromatic heterocycles. The number of aromatic amines is 1. The van der Waals surface area contributed by atoms with Gasteiger partial charge in [0.05, 0.1) is 6.61 Å². The maximum atomic E-state index is 9.60. The number of nitrogens with zero attached hydrogens (tertiary/aromatic N) is 3. The molecule has 3 rings (SSSR count). The summed E-state index contributed by atoms with van der Waals surface area (Å²) in [6.07, 6.45) is 1.55. The van der Waals surface area contributed by atoms with Crippen molar-refractivity contribution in [1.82, 2.24) is 20.6 Å². The molecule has 17 heavy (non-hydrogen) atoms. The number of hydrogen-bond acceptors (Lipinski definition) is 5. The lowest BCUT2D eigenvalue weighted by atomic mass is 9.78. The molecule has 7 heteroatoms. The zero-order valence-corrected chi connectivity index (χ0v) is 9.13.